The summed E-state index contributed by atoms with van der Waals surface area (Å²) in [6.07, 6.45) is 1.11. The van der Waals surface area contributed by atoms with Crippen molar-refractivity contribution >= 4 is 17.5 Å². The predicted octanol–water partition coefficient (Wildman–Crippen LogP) is 4.38. The van der Waals surface area contributed by atoms with E-state index in [1.807, 2.05) is 31.2 Å². The van der Waals surface area contributed by atoms with Crippen LogP contribution in [0.1, 0.15) is 30.1 Å². The molecule has 1 fully saturated rings. The molecule has 6 nitrogen and oxygen atoms in total. The molecule has 30 heavy (non-hydrogen) atoms. The molecule has 0 saturated carbocycles. The van der Waals surface area contributed by atoms with Crippen molar-refractivity contribution in [1.29, 1.82) is 0 Å². The van der Waals surface area contributed by atoms with Crippen LogP contribution in [-0.2, 0) is 0 Å². The maximum absolute atomic E-state index is 13.9. The molecule has 0 N–H and O–H groups in total. The number of benzene rings is 2. The summed E-state index contributed by atoms with van der Waals surface area (Å²) in [6.45, 7) is 3.44. The smallest absolute Gasteiger partial charge is 0.324 e. The Hall–Kier alpha value is -3.09. The number of urea groups is 1. The Morgan fingerprint density at radius 2 is 1.73 bits per heavy atom. The van der Waals surface area contributed by atoms with E-state index >= 15 is 0 Å². The van der Waals surface area contributed by atoms with Gasteiger partial charge in [-0.1, -0.05) is 0 Å². The summed E-state index contributed by atoms with van der Waals surface area (Å²) >= 11 is 0. The van der Waals surface area contributed by atoms with E-state index in [2.05, 4.69) is 0 Å². The van der Waals surface area contributed by atoms with Gasteiger partial charge in [-0.2, -0.15) is 0 Å². The van der Waals surface area contributed by atoms with Crippen LogP contribution in [0, 0.1) is 11.7 Å². The molecule has 0 unspecified atom stereocenters. The second-order valence-corrected chi connectivity index (χ2v) is 7.20. The van der Waals surface area contributed by atoms with E-state index < -0.39 is 5.82 Å². The third kappa shape index (κ3) is 4.56. The first kappa shape index (κ1) is 21.6. The van der Waals surface area contributed by atoms with Gasteiger partial charge in [-0.25, -0.2) is 9.18 Å². The highest BCUT2D eigenvalue weighted by molar-refractivity contribution is 5.98. The molecule has 160 valence electrons. The average Bonchev–Trinajstić information content (AvgIpc) is 2.79. The van der Waals surface area contributed by atoms with Crippen LogP contribution in [0.3, 0.4) is 0 Å². The third-order valence-corrected chi connectivity index (χ3v) is 5.50. The number of hydrogen-bond donors (Lipinski definition) is 0. The Bertz CT molecular complexity index is 893. The van der Waals surface area contributed by atoms with Crippen LogP contribution < -0.4 is 14.4 Å². The number of nitrogens with zero attached hydrogens (tertiary/aromatic N) is 2. The normalized spacial score (nSPS) is 14.3. The Kier molecular flexibility index (Phi) is 6.92. The molecule has 3 rings (SSSR count). The summed E-state index contributed by atoms with van der Waals surface area (Å²) in [6, 6.07) is 11.6. The zero-order chi connectivity index (χ0) is 21.7. The summed E-state index contributed by atoms with van der Waals surface area (Å²) in [5.74, 6) is -0.0141. The SMILES string of the molecule is CCN(C(=O)N1CCC(C(=O)c2ccc(OC)c(F)c2)CC1)c1ccc(OC)cc1. The minimum Gasteiger partial charge on any atom is -0.497 e. The van der Waals surface area contributed by atoms with Gasteiger partial charge in [0.1, 0.15) is 5.75 Å². The van der Waals surface area contributed by atoms with Gasteiger partial charge in [0.15, 0.2) is 17.3 Å². The number of methoxy groups -OCH3 is 2. The van der Waals surface area contributed by atoms with Gasteiger partial charge < -0.3 is 14.4 Å². The second-order valence-electron chi connectivity index (χ2n) is 7.20. The number of hydrogen-bond acceptors (Lipinski definition) is 4. The van der Waals surface area contributed by atoms with Gasteiger partial charge in [-0.15, -0.1) is 0 Å². The summed E-state index contributed by atoms with van der Waals surface area (Å²) in [4.78, 5) is 29.3. The molecule has 1 aliphatic rings. The number of likely N-dealkylation sites (tertiary alicyclic amines) is 1. The standard InChI is InChI=1S/C23H27FN2O4/c1-4-26(18-6-8-19(29-2)9-7-18)23(28)25-13-11-16(12-14-25)22(27)17-5-10-21(30-3)20(24)15-17/h5-10,15-16H,4,11-14H2,1-3H3. The van der Waals surface area contributed by atoms with Crippen LogP contribution in [-0.4, -0.2) is 50.6 Å². The molecular weight excluding hydrogens is 387 g/mol. The topological polar surface area (TPSA) is 59.1 Å². The number of ketones is 1. The molecule has 7 heteroatoms. The largest absolute Gasteiger partial charge is 0.497 e. The molecule has 1 heterocycles. The van der Waals surface area contributed by atoms with E-state index in [0.717, 1.165) is 11.4 Å². The minimum atomic E-state index is -0.547. The van der Waals surface area contributed by atoms with Crippen molar-refractivity contribution in [3.05, 3.63) is 53.8 Å². The highest BCUT2D eigenvalue weighted by Crippen LogP contribution is 2.26. The van der Waals surface area contributed by atoms with E-state index in [1.54, 1.807) is 23.0 Å². The number of Topliss-reactive ketones (excluding diaryl/α,β-unsaturated/α-hetero) is 1. The van der Waals surface area contributed by atoms with Crippen molar-refractivity contribution in [1.82, 2.24) is 4.90 Å². The van der Waals surface area contributed by atoms with Crippen molar-refractivity contribution in [2.75, 3.05) is 38.8 Å². The maximum Gasteiger partial charge on any atom is 0.324 e. The van der Waals surface area contributed by atoms with Gasteiger partial charge in [0.25, 0.3) is 0 Å². The first-order valence-corrected chi connectivity index (χ1v) is 10.1. The molecule has 2 aromatic carbocycles. The third-order valence-electron chi connectivity index (χ3n) is 5.50. The molecule has 0 bridgehead atoms. The molecule has 0 radical (unpaired) electrons. The molecule has 0 aromatic heterocycles. The molecule has 0 spiro atoms. The lowest BCUT2D eigenvalue weighted by atomic mass is 9.89. The van der Waals surface area contributed by atoms with Crippen molar-refractivity contribution in [2.24, 2.45) is 5.92 Å². The fourth-order valence-corrected chi connectivity index (χ4v) is 3.75. The number of anilines is 1. The van der Waals surface area contributed by atoms with Gasteiger partial charge in [0.2, 0.25) is 0 Å². The van der Waals surface area contributed by atoms with E-state index in [-0.39, 0.29) is 23.5 Å². The van der Waals surface area contributed by atoms with E-state index in [9.17, 15) is 14.0 Å². The zero-order valence-corrected chi connectivity index (χ0v) is 17.6. The zero-order valence-electron chi connectivity index (χ0n) is 17.6. The number of rotatable bonds is 6. The molecular formula is C23H27FN2O4. The van der Waals surface area contributed by atoms with Crippen LogP contribution in [0.2, 0.25) is 0 Å². The lowest BCUT2D eigenvalue weighted by molar-refractivity contribution is 0.0856. The van der Waals surface area contributed by atoms with Gasteiger partial charge >= 0.3 is 6.03 Å². The lowest BCUT2D eigenvalue weighted by Crippen LogP contribution is -2.47. The first-order chi connectivity index (χ1) is 14.5. The van der Waals surface area contributed by atoms with Gasteiger partial charge in [-0.05, 0) is 62.2 Å². The Balaban J connectivity index is 1.62. The minimum absolute atomic E-state index is 0.0796. The highest BCUT2D eigenvalue weighted by Gasteiger charge is 2.30. The Labute approximate surface area is 176 Å². The number of halogens is 1. The van der Waals surface area contributed by atoms with E-state index in [0.29, 0.717) is 38.0 Å². The number of piperidine rings is 1. The second kappa shape index (κ2) is 9.61. The molecule has 1 saturated heterocycles. The molecule has 2 aromatic rings. The van der Waals surface area contributed by atoms with Crippen LogP contribution in [0.25, 0.3) is 0 Å². The average molecular weight is 414 g/mol. The fraction of sp³-hybridized carbons (Fsp3) is 0.391. The van der Waals surface area contributed by atoms with Crippen LogP contribution in [0.4, 0.5) is 14.9 Å². The van der Waals surface area contributed by atoms with Gasteiger partial charge in [0.05, 0.1) is 14.2 Å². The highest BCUT2D eigenvalue weighted by atomic mass is 19.1. The maximum atomic E-state index is 13.9. The molecule has 2 amide bonds. The Morgan fingerprint density at radius 3 is 2.27 bits per heavy atom. The van der Waals surface area contributed by atoms with Crippen LogP contribution in [0.15, 0.2) is 42.5 Å². The number of ether oxygens (including phenoxy) is 2. The summed E-state index contributed by atoms with van der Waals surface area (Å²) in [7, 11) is 2.99. The number of carbonyl (C=O) groups is 2. The lowest BCUT2D eigenvalue weighted by Gasteiger charge is -2.35. The quantitative estimate of drug-likeness (QED) is 0.658. The molecule has 0 aliphatic carbocycles. The van der Waals surface area contributed by atoms with Crippen molar-refractivity contribution in [3.63, 3.8) is 0 Å². The summed E-state index contributed by atoms with van der Waals surface area (Å²) in [5, 5.41) is 0. The Morgan fingerprint density at radius 1 is 1.07 bits per heavy atom. The summed E-state index contributed by atoms with van der Waals surface area (Å²) < 4.78 is 24.0. The van der Waals surface area contributed by atoms with Crippen molar-refractivity contribution in [3.8, 4) is 11.5 Å². The van der Waals surface area contributed by atoms with Crippen LogP contribution >= 0.6 is 0 Å². The first-order valence-electron chi connectivity index (χ1n) is 10.1. The fourth-order valence-electron chi connectivity index (χ4n) is 3.75. The van der Waals surface area contributed by atoms with Crippen molar-refractivity contribution < 1.29 is 23.5 Å². The van der Waals surface area contributed by atoms with Crippen LogP contribution in [0.5, 0.6) is 11.5 Å². The molecule has 1 aliphatic heterocycles. The van der Waals surface area contributed by atoms with Gasteiger partial charge in [-0.3, -0.25) is 9.69 Å². The monoisotopic (exact) mass is 414 g/mol. The number of carbonyl (C=O) groups excluding carboxylic acids is 2. The van der Waals surface area contributed by atoms with Gasteiger partial charge in [0, 0.05) is 36.8 Å². The molecule has 0 atom stereocenters. The summed E-state index contributed by atoms with van der Waals surface area (Å²) in [5.41, 5.74) is 1.14. The van der Waals surface area contributed by atoms with Crippen molar-refractivity contribution in [2.45, 2.75) is 19.8 Å². The van der Waals surface area contributed by atoms with E-state index in [4.69, 9.17) is 9.47 Å². The number of amides is 2. The van der Waals surface area contributed by atoms with E-state index in [1.165, 1.54) is 19.2 Å². The predicted molar refractivity (Wildman–Crippen MR) is 113 cm³/mol.